The Hall–Kier alpha value is -2.75. The number of carbonyl (C=O) groups excluding carboxylic acids is 1. The molecule has 2 aromatic heterocycles. The highest BCUT2D eigenvalue weighted by Gasteiger charge is 2.23. The van der Waals surface area contributed by atoms with Crippen molar-refractivity contribution in [3.05, 3.63) is 84.9 Å². The van der Waals surface area contributed by atoms with Crippen LogP contribution < -0.4 is 11.0 Å². The van der Waals surface area contributed by atoms with Crippen molar-refractivity contribution in [1.82, 2.24) is 15.0 Å². The first-order valence-corrected chi connectivity index (χ1v) is 13.9. The Labute approximate surface area is 219 Å². The quantitative estimate of drug-likeness (QED) is 0.142. The molecule has 5 rings (SSSR count). The monoisotopic (exact) mass is 566 g/mol. The van der Waals surface area contributed by atoms with Crippen LogP contribution in [0.15, 0.2) is 68.1 Å². The Morgan fingerprint density at radius 2 is 2.03 bits per heavy atom. The van der Waals surface area contributed by atoms with Crippen LogP contribution in [-0.2, 0) is 17.6 Å². The largest absolute Gasteiger partial charge is 0.272 e. The summed E-state index contributed by atoms with van der Waals surface area (Å²) >= 11 is 6.28. The number of halogens is 1. The topological polar surface area (TPSA) is 76.3 Å². The first-order valence-electron chi connectivity index (χ1n) is 11.3. The highest BCUT2D eigenvalue weighted by Crippen LogP contribution is 2.35. The maximum absolute atomic E-state index is 13.8. The van der Waals surface area contributed by atoms with Crippen LogP contribution in [0.4, 0.5) is 0 Å². The lowest BCUT2D eigenvalue weighted by Crippen LogP contribution is -2.24. The minimum absolute atomic E-state index is 0.0613. The number of aryl methyl sites for hydroxylation is 3. The third-order valence-corrected chi connectivity index (χ3v) is 8.45. The van der Waals surface area contributed by atoms with E-state index in [-0.39, 0.29) is 17.2 Å². The van der Waals surface area contributed by atoms with E-state index in [9.17, 15) is 9.59 Å². The molecule has 6 nitrogen and oxygen atoms in total. The number of hydrogen-bond donors (Lipinski definition) is 1. The average Bonchev–Trinajstić information content (AvgIpc) is 3.22. The average molecular weight is 568 g/mol. The minimum atomic E-state index is -0.267. The molecule has 0 radical (unpaired) electrons. The molecule has 0 saturated heterocycles. The lowest BCUT2D eigenvalue weighted by Gasteiger charge is -2.13. The van der Waals surface area contributed by atoms with Gasteiger partial charge in [0.05, 0.1) is 23.0 Å². The van der Waals surface area contributed by atoms with Crippen molar-refractivity contribution < 1.29 is 4.79 Å². The maximum Gasteiger partial charge on any atom is 0.267 e. The van der Waals surface area contributed by atoms with Crippen LogP contribution in [0, 0.1) is 6.92 Å². The van der Waals surface area contributed by atoms with Crippen LogP contribution in [0.2, 0.25) is 0 Å². The predicted molar refractivity (Wildman–Crippen MR) is 147 cm³/mol. The van der Waals surface area contributed by atoms with Crippen molar-refractivity contribution in [2.45, 2.75) is 37.8 Å². The van der Waals surface area contributed by atoms with Crippen molar-refractivity contribution in [1.29, 1.82) is 0 Å². The van der Waals surface area contributed by atoms with E-state index in [0.717, 1.165) is 62.8 Å². The van der Waals surface area contributed by atoms with Crippen LogP contribution in [-0.4, -0.2) is 27.4 Å². The summed E-state index contributed by atoms with van der Waals surface area (Å²) in [6.07, 6.45) is 5.76. The lowest BCUT2D eigenvalue weighted by molar-refractivity contribution is -0.118. The highest BCUT2D eigenvalue weighted by molar-refractivity contribution is 9.10. The number of hydrogen-bond acceptors (Lipinski definition) is 6. The molecule has 0 bridgehead atoms. The van der Waals surface area contributed by atoms with E-state index >= 15 is 0 Å². The van der Waals surface area contributed by atoms with Gasteiger partial charge in [0.25, 0.3) is 11.5 Å². The fourth-order valence-electron chi connectivity index (χ4n) is 4.13. The molecule has 9 heteroatoms. The van der Waals surface area contributed by atoms with Gasteiger partial charge in [-0.3, -0.25) is 14.2 Å². The fraction of sp³-hybridized carbons (Fsp3) is 0.231. The summed E-state index contributed by atoms with van der Waals surface area (Å²) in [7, 11) is 0. The van der Waals surface area contributed by atoms with Gasteiger partial charge in [-0.15, -0.1) is 11.3 Å². The number of thioether (sulfide) groups is 1. The molecule has 178 valence electrons. The van der Waals surface area contributed by atoms with Gasteiger partial charge in [-0.05, 0) is 68.0 Å². The SMILES string of the molecule is Cc1ccc(-n2c(SCC(=O)N/N=C\c3cccc(Br)c3)nc3sc4c(c3c2=O)CCCC4)cc1. The van der Waals surface area contributed by atoms with Crippen molar-refractivity contribution >= 4 is 61.4 Å². The normalized spacial score (nSPS) is 13.3. The zero-order valence-electron chi connectivity index (χ0n) is 19.1. The smallest absolute Gasteiger partial charge is 0.267 e. The van der Waals surface area contributed by atoms with E-state index < -0.39 is 0 Å². The van der Waals surface area contributed by atoms with E-state index in [2.05, 4.69) is 26.5 Å². The molecule has 35 heavy (non-hydrogen) atoms. The Kier molecular flexibility index (Phi) is 7.17. The summed E-state index contributed by atoms with van der Waals surface area (Å²) in [5, 5.41) is 5.30. The number of nitrogens with one attached hydrogen (secondary N) is 1. The third kappa shape index (κ3) is 5.27. The molecule has 1 aliphatic carbocycles. The maximum atomic E-state index is 13.8. The number of thiophene rings is 1. The molecule has 4 aromatic rings. The second kappa shape index (κ2) is 10.5. The molecule has 1 N–H and O–H groups in total. The fourth-order valence-corrected chi connectivity index (χ4v) is 6.66. The van der Waals surface area contributed by atoms with Crippen molar-refractivity contribution in [2.24, 2.45) is 5.10 Å². The summed E-state index contributed by atoms with van der Waals surface area (Å²) in [4.78, 5) is 33.2. The van der Waals surface area contributed by atoms with E-state index in [0.29, 0.717) is 5.16 Å². The van der Waals surface area contributed by atoms with Crippen LogP contribution in [0.3, 0.4) is 0 Å². The Morgan fingerprint density at radius 3 is 2.83 bits per heavy atom. The van der Waals surface area contributed by atoms with E-state index in [1.165, 1.54) is 16.6 Å². The predicted octanol–water partition coefficient (Wildman–Crippen LogP) is 5.64. The van der Waals surface area contributed by atoms with Crippen LogP contribution >= 0.6 is 39.0 Å². The lowest BCUT2D eigenvalue weighted by atomic mass is 9.97. The first kappa shape index (κ1) is 24.0. The summed E-state index contributed by atoms with van der Waals surface area (Å²) in [6.45, 7) is 2.01. The van der Waals surface area contributed by atoms with Crippen molar-refractivity contribution in [3.8, 4) is 5.69 Å². The Balaban J connectivity index is 1.43. The molecular formula is C26H23BrN4O2S2. The Morgan fingerprint density at radius 1 is 1.23 bits per heavy atom. The van der Waals surface area contributed by atoms with Gasteiger partial charge in [-0.2, -0.15) is 5.10 Å². The van der Waals surface area contributed by atoms with Crippen LogP contribution in [0.25, 0.3) is 15.9 Å². The van der Waals surface area contributed by atoms with Gasteiger partial charge in [0.15, 0.2) is 5.16 Å². The molecule has 0 fully saturated rings. The van der Waals surface area contributed by atoms with Gasteiger partial charge in [0.1, 0.15) is 4.83 Å². The van der Waals surface area contributed by atoms with Crippen molar-refractivity contribution in [3.63, 3.8) is 0 Å². The molecule has 0 spiro atoms. The third-order valence-electron chi connectivity index (χ3n) is 5.83. The number of aromatic nitrogens is 2. The standard InChI is InChI=1S/C26H23BrN4O2S2/c1-16-9-11-19(12-10-16)31-25(33)23-20-7-2-3-8-21(20)35-24(23)29-26(31)34-15-22(32)30-28-14-17-5-4-6-18(27)13-17/h4-6,9-14H,2-3,7-8,15H2,1H3,(H,30,32)/b28-14-. The number of benzene rings is 2. The number of carbonyl (C=O) groups is 1. The van der Waals surface area contributed by atoms with Gasteiger partial charge >= 0.3 is 0 Å². The van der Waals surface area contributed by atoms with E-state index in [4.69, 9.17) is 4.98 Å². The van der Waals surface area contributed by atoms with Gasteiger partial charge in [0, 0.05) is 9.35 Å². The summed E-state index contributed by atoms with van der Waals surface area (Å²) in [6, 6.07) is 15.4. The van der Waals surface area contributed by atoms with Gasteiger partial charge in [-0.1, -0.05) is 57.5 Å². The van der Waals surface area contributed by atoms with E-state index in [1.54, 1.807) is 22.1 Å². The molecular weight excluding hydrogens is 544 g/mol. The molecule has 0 aliphatic heterocycles. The number of fused-ring (bicyclic) bond motifs is 3. The zero-order valence-corrected chi connectivity index (χ0v) is 22.3. The minimum Gasteiger partial charge on any atom is -0.272 e. The molecule has 2 heterocycles. The van der Waals surface area contributed by atoms with Gasteiger partial charge < -0.3 is 0 Å². The van der Waals surface area contributed by atoms with Gasteiger partial charge in [0.2, 0.25) is 0 Å². The number of amides is 1. The van der Waals surface area contributed by atoms with E-state index in [1.807, 2.05) is 55.5 Å². The van der Waals surface area contributed by atoms with Crippen molar-refractivity contribution in [2.75, 3.05) is 5.75 Å². The summed E-state index contributed by atoms with van der Waals surface area (Å²) in [5.74, 6) is -0.179. The molecule has 2 aromatic carbocycles. The summed E-state index contributed by atoms with van der Waals surface area (Å²) in [5.41, 5.74) is 6.39. The zero-order chi connectivity index (χ0) is 24.4. The molecule has 1 aliphatic rings. The summed E-state index contributed by atoms with van der Waals surface area (Å²) < 4.78 is 2.58. The Bertz CT molecular complexity index is 1490. The first-order chi connectivity index (χ1) is 17.0. The number of nitrogens with zero attached hydrogens (tertiary/aromatic N) is 3. The second-order valence-electron chi connectivity index (χ2n) is 8.40. The van der Waals surface area contributed by atoms with Gasteiger partial charge in [-0.25, -0.2) is 10.4 Å². The second-order valence-corrected chi connectivity index (χ2v) is 11.3. The highest BCUT2D eigenvalue weighted by atomic mass is 79.9. The van der Waals surface area contributed by atoms with Crippen LogP contribution in [0.5, 0.6) is 0 Å². The van der Waals surface area contributed by atoms with Crippen LogP contribution in [0.1, 0.15) is 34.4 Å². The molecule has 0 atom stereocenters. The molecule has 0 saturated carbocycles. The number of hydrazone groups is 1. The molecule has 1 amide bonds. The molecule has 0 unspecified atom stereocenters. The number of rotatable bonds is 6.